The van der Waals surface area contributed by atoms with E-state index in [0.29, 0.717) is 5.95 Å². The maximum atomic E-state index is 11.5. The molecule has 0 saturated heterocycles. The average Bonchev–Trinajstić information content (AvgIpc) is 2.68. The van der Waals surface area contributed by atoms with Crippen LogP contribution in [0.25, 0.3) is 0 Å². The minimum atomic E-state index is -0.509. The largest absolute Gasteiger partial charge is 0.320 e. The number of nitrogens with zero attached hydrogens (tertiary/aromatic N) is 2. The molecular weight excluding hydrogens is 182 g/mol. The van der Waals surface area contributed by atoms with Gasteiger partial charge in [-0.2, -0.15) is 10.1 Å². The van der Waals surface area contributed by atoms with Gasteiger partial charge in [-0.3, -0.25) is 10.1 Å². The molecule has 2 atom stereocenters. The van der Waals surface area contributed by atoms with Crippen LogP contribution in [0.15, 0.2) is 6.33 Å². The van der Waals surface area contributed by atoms with Crippen molar-refractivity contribution in [3.63, 3.8) is 0 Å². The van der Waals surface area contributed by atoms with E-state index < -0.39 is 6.04 Å². The minimum Gasteiger partial charge on any atom is -0.320 e. The van der Waals surface area contributed by atoms with Crippen molar-refractivity contribution in [3.8, 4) is 0 Å². The van der Waals surface area contributed by atoms with E-state index >= 15 is 0 Å². The summed E-state index contributed by atoms with van der Waals surface area (Å²) in [5, 5.41) is 8.68. The molecule has 0 fully saturated rings. The third-order valence-electron chi connectivity index (χ3n) is 2.22. The van der Waals surface area contributed by atoms with Crippen LogP contribution in [0.4, 0.5) is 5.95 Å². The van der Waals surface area contributed by atoms with E-state index in [9.17, 15) is 4.79 Å². The van der Waals surface area contributed by atoms with Gasteiger partial charge < -0.3 is 5.73 Å². The lowest BCUT2D eigenvalue weighted by Crippen LogP contribution is -2.40. The van der Waals surface area contributed by atoms with Crippen LogP contribution in [0.2, 0.25) is 0 Å². The number of carbonyl (C=O) groups excluding carboxylic acids is 1. The third-order valence-corrected chi connectivity index (χ3v) is 2.22. The predicted molar refractivity (Wildman–Crippen MR) is 52.4 cm³/mol. The van der Waals surface area contributed by atoms with Gasteiger partial charge >= 0.3 is 0 Å². The molecule has 0 saturated carbocycles. The van der Waals surface area contributed by atoms with Gasteiger partial charge in [0.25, 0.3) is 0 Å². The highest BCUT2D eigenvalue weighted by Crippen LogP contribution is 2.06. The molecule has 1 aromatic rings. The fourth-order valence-corrected chi connectivity index (χ4v) is 0.978. The summed E-state index contributed by atoms with van der Waals surface area (Å²) in [6.07, 6.45) is 2.19. The Hall–Kier alpha value is -1.43. The van der Waals surface area contributed by atoms with Crippen molar-refractivity contribution in [2.75, 3.05) is 5.32 Å². The number of carbonyl (C=O) groups is 1. The fourth-order valence-electron chi connectivity index (χ4n) is 0.978. The zero-order chi connectivity index (χ0) is 10.6. The van der Waals surface area contributed by atoms with E-state index in [1.165, 1.54) is 6.33 Å². The highest BCUT2D eigenvalue weighted by molar-refractivity contribution is 5.93. The number of anilines is 1. The predicted octanol–water partition coefficient (Wildman–Crippen LogP) is 0.117. The second-order valence-electron chi connectivity index (χ2n) is 3.23. The first-order valence-corrected chi connectivity index (χ1v) is 4.57. The lowest BCUT2D eigenvalue weighted by atomic mass is 10.00. The van der Waals surface area contributed by atoms with Crippen molar-refractivity contribution >= 4 is 11.9 Å². The minimum absolute atomic E-state index is 0.151. The molecule has 0 aromatic carbocycles. The van der Waals surface area contributed by atoms with Crippen LogP contribution < -0.4 is 11.1 Å². The average molecular weight is 197 g/mol. The number of hydrogen-bond acceptors (Lipinski definition) is 4. The van der Waals surface area contributed by atoms with Crippen LogP contribution in [-0.2, 0) is 4.79 Å². The summed E-state index contributed by atoms with van der Waals surface area (Å²) in [4.78, 5) is 15.3. The molecule has 0 aliphatic heterocycles. The maximum absolute atomic E-state index is 11.5. The quantitative estimate of drug-likeness (QED) is 0.638. The summed E-state index contributed by atoms with van der Waals surface area (Å²) in [6, 6.07) is -0.509. The number of aromatic nitrogens is 3. The number of aromatic amines is 1. The molecule has 0 spiro atoms. The number of rotatable bonds is 4. The van der Waals surface area contributed by atoms with Crippen molar-refractivity contribution in [2.45, 2.75) is 26.3 Å². The Bertz CT molecular complexity index is 284. The summed E-state index contributed by atoms with van der Waals surface area (Å²) in [7, 11) is 0. The summed E-state index contributed by atoms with van der Waals surface area (Å²) in [5.74, 6) is 0.239. The Morgan fingerprint density at radius 2 is 2.50 bits per heavy atom. The van der Waals surface area contributed by atoms with Gasteiger partial charge in [0.1, 0.15) is 6.33 Å². The second-order valence-corrected chi connectivity index (χ2v) is 3.23. The molecular formula is C8H15N5O. The molecule has 6 heteroatoms. The van der Waals surface area contributed by atoms with Crippen LogP contribution in [-0.4, -0.2) is 27.1 Å². The van der Waals surface area contributed by atoms with E-state index in [4.69, 9.17) is 5.73 Å². The smallest absolute Gasteiger partial charge is 0.243 e. The molecule has 14 heavy (non-hydrogen) atoms. The lowest BCUT2D eigenvalue weighted by Gasteiger charge is -2.16. The summed E-state index contributed by atoms with van der Waals surface area (Å²) >= 11 is 0. The van der Waals surface area contributed by atoms with Gasteiger partial charge in [-0.1, -0.05) is 20.3 Å². The van der Waals surface area contributed by atoms with Crippen LogP contribution in [0.5, 0.6) is 0 Å². The molecule has 1 amide bonds. The van der Waals surface area contributed by atoms with Gasteiger partial charge in [0.05, 0.1) is 6.04 Å². The Balaban J connectivity index is 2.50. The number of nitrogens with one attached hydrogen (secondary N) is 2. The monoisotopic (exact) mass is 197 g/mol. The Labute approximate surface area is 82.3 Å². The molecule has 6 nitrogen and oxygen atoms in total. The van der Waals surface area contributed by atoms with Crippen LogP contribution >= 0.6 is 0 Å². The van der Waals surface area contributed by atoms with Crippen molar-refractivity contribution in [1.29, 1.82) is 0 Å². The van der Waals surface area contributed by atoms with Crippen molar-refractivity contribution in [2.24, 2.45) is 11.7 Å². The first-order valence-electron chi connectivity index (χ1n) is 4.57. The molecule has 2 unspecified atom stereocenters. The highest BCUT2D eigenvalue weighted by Gasteiger charge is 2.19. The third kappa shape index (κ3) is 2.53. The highest BCUT2D eigenvalue weighted by atomic mass is 16.2. The number of nitrogens with two attached hydrogens (primary N) is 1. The number of amides is 1. The standard InChI is InChI=1S/C8H15N5O/c1-3-5(2)6(9)7(14)12-8-10-4-11-13-8/h4-6H,3,9H2,1-2H3,(H2,10,11,12,13,14). The van der Waals surface area contributed by atoms with Gasteiger partial charge in [-0.25, -0.2) is 5.10 Å². The summed E-state index contributed by atoms with van der Waals surface area (Å²) < 4.78 is 0. The van der Waals surface area contributed by atoms with E-state index in [1.807, 2.05) is 13.8 Å². The van der Waals surface area contributed by atoms with Gasteiger partial charge in [-0.05, 0) is 5.92 Å². The van der Waals surface area contributed by atoms with E-state index in [0.717, 1.165) is 6.42 Å². The molecule has 0 bridgehead atoms. The molecule has 0 aliphatic carbocycles. The van der Waals surface area contributed by atoms with E-state index in [-0.39, 0.29) is 11.8 Å². The number of H-pyrrole nitrogens is 1. The van der Waals surface area contributed by atoms with Crippen LogP contribution in [0.3, 0.4) is 0 Å². The lowest BCUT2D eigenvalue weighted by molar-refractivity contribution is -0.118. The van der Waals surface area contributed by atoms with Crippen molar-refractivity contribution in [1.82, 2.24) is 15.2 Å². The van der Waals surface area contributed by atoms with Crippen LogP contribution in [0, 0.1) is 5.92 Å². The molecule has 0 aliphatic rings. The molecule has 1 heterocycles. The first kappa shape index (κ1) is 10.6. The van der Waals surface area contributed by atoms with Crippen LogP contribution in [0.1, 0.15) is 20.3 Å². The summed E-state index contributed by atoms with van der Waals surface area (Å²) in [5.41, 5.74) is 5.71. The normalized spacial score (nSPS) is 14.8. The zero-order valence-corrected chi connectivity index (χ0v) is 8.32. The molecule has 0 radical (unpaired) electrons. The Morgan fingerprint density at radius 3 is 3.00 bits per heavy atom. The first-order chi connectivity index (χ1) is 6.65. The maximum Gasteiger partial charge on any atom is 0.243 e. The van der Waals surface area contributed by atoms with Gasteiger partial charge in [-0.15, -0.1) is 0 Å². The Morgan fingerprint density at radius 1 is 1.79 bits per heavy atom. The SMILES string of the molecule is CCC(C)C(N)C(=O)Nc1ncn[nH]1. The molecule has 1 rings (SSSR count). The second kappa shape index (κ2) is 4.71. The van der Waals surface area contributed by atoms with E-state index in [1.54, 1.807) is 0 Å². The van der Waals surface area contributed by atoms with Gasteiger partial charge in [0, 0.05) is 0 Å². The molecule has 78 valence electrons. The van der Waals surface area contributed by atoms with Crippen molar-refractivity contribution in [3.05, 3.63) is 6.33 Å². The summed E-state index contributed by atoms with van der Waals surface area (Å²) in [6.45, 7) is 3.93. The topological polar surface area (TPSA) is 96.7 Å². The molecule has 1 aromatic heterocycles. The number of hydrogen-bond donors (Lipinski definition) is 3. The Kier molecular flexibility index (Phi) is 3.58. The van der Waals surface area contributed by atoms with Gasteiger partial charge in [0.15, 0.2) is 0 Å². The van der Waals surface area contributed by atoms with E-state index in [2.05, 4.69) is 20.5 Å². The fraction of sp³-hybridized carbons (Fsp3) is 0.625. The zero-order valence-electron chi connectivity index (χ0n) is 8.32. The van der Waals surface area contributed by atoms with Gasteiger partial charge in [0.2, 0.25) is 11.9 Å². The molecule has 4 N–H and O–H groups in total. The van der Waals surface area contributed by atoms with Crippen molar-refractivity contribution < 1.29 is 4.79 Å².